The van der Waals surface area contributed by atoms with Crippen LogP contribution in [0, 0.1) is 20.8 Å². The lowest BCUT2D eigenvalue weighted by Crippen LogP contribution is -2.44. The molecule has 1 atom stereocenters. The number of aromatic amines is 1. The molecule has 126 valence electrons. The summed E-state index contributed by atoms with van der Waals surface area (Å²) in [6.45, 7) is 8.37. The molecule has 2 aromatic heterocycles. The van der Waals surface area contributed by atoms with Crippen molar-refractivity contribution in [2.24, 2.45) is 4.99 Å². The quantitative estimate of drug-likeness (QED) is 0.494. The molecule has 7 heteroatoms. The minimum absolute atomic E-state index is 0.316. The molecule has 0 aliphatic heterocycles. The monoisotopic (exact) mass is 319 g/mol. The van der Waals surface area contributed by atoms with E-state index in [1.54, 1.807) is 20.2 Å². The van der Waals surface area contributed by atoms with E-state index in [-0.39, 0.29) is 0 Å². The molecule has 0 saturated heterocycles. The van der Waals surface area contributed by atoms with Crippen LogP contribution in [0.15, 0.2) is 21.7 Å². The van der Waals surface area contributed by atoms with Crippen LogP contribution >= 0.6 is 0 Å². The number of nitrogens with one attached hydrogen (secondary N) is 3. The number of nitrogens with zero attached hydrogens (tertiary/aromatic N) is 2. The molecule has 0 spiro atoms. The molecule has 0 fully saturated rings. The van der Waals surface area contributed by atoms with Crippen molar-refractivity contribution in [3.8, 4) is 0 Å². The van der Waals surface area contributed by atoms with Crippen molar-refractivity contribution in [3.05, 3.63) is 40.6 Å². The summed E-state index contributed by atoms with van der Waals surface area (Å²) < 4.78 is 5.50. The fraction of sp³-hybridized carbons (Fsp3) is 0.500. The average molecular weight is 319 g/mol. The molecule has 4 N–H and O–H groups in total. The van der Waals surface area contributed by atoms with Crippen molar-refractivity contribution in [2.75, 3.05) is 13.6 Å². The van der Waals surface area contributed by atoms with Gasteiger partial charge in [-0.05, 0) is 33.8 Å². The first-order valence-electron chi connectivity index (χ1n) is 7.56. The largest absolute Gasteiger partial charge is 0.466 e. The van der Waals surface area contributed by atoms with Crippen LogP contribution in [0.2, 0.25) is 0 Å². The fourth-order valence-electron chi connectivity index (χ4n) is 2.47. The molecule has 2 rings (SSSR count). The number of aliphatic imine (C=N–C) groups is 1. The predicted octanol–water partition coefficient (Wildman–Crippen LogP) is 1.50. The van der Waals surface area contributed by atoms with E-state index in [2.05, 4.69) is 25.8 Å². The van der Waals surface area contributed by atoms with Gasteiger partial charge in [-0.3, -0.25) is 10.1 Å². The number of aryl methyl sites for hydroxylation is 3. The van der Waals surface area contributed by atoms with Gasteiger partial charge in [0.15, 0.2) is 5.96 Å². The van der Waals surface area contributed by atoms with Crippen molar-refractivity contribution >= 4 is 5.96 Å². The summed E-state index contributed by atoms with van der Waals surface area (Å²) in [7, 11) is 1.69. The van der Waals surface area contributed by atoms with Gasteiger partial charge in [-0.2, -0.15) is 5.10 Å². The van der Waals surface area contributed by atoms with E-state index in [0.29, 0.717) is 19.0 Å². The summed E-state index contributed by atoms with van der Waals surface area (Å²) in [5.41, 5.74) is 1.82. The number of aromatic nitrogens is 2. The number of aliphatic hydroxyl groups is 1. The Morgan fingerprint density at radius 1 is 1.39 bits per heavy atom. The fourth-order valence-corrected chi connectivity index (χ4v) is 2.47. The Kier molecular flexibility index (Phi) is 5.10. The summed E-state index contributed by atoms with van der Waals surface area (Å²) in [4.78, 5) is 4.17. The molecule has 0 amide bonds. The van der Waals surface area contributed by atoms with Crippen molar-refractivity contribution in [2.45, 2.75) is 39.8 Å². The molecule has 2 aromatic rings. The first-order chi connectivity index (χ1) is 10.8. The zero-order chi connectivity index (χ0) is 17.0. The third kappa shape index (κ3) is 4.13. The molecule has 0 radical (unpaired) electrons. The van der Waals surface area contributed by atoms with E-state index in [9.17, 15) is 5.11 Å². The average Bonchev–Trinajstić information content (AvgIpc) is 3.05. The number of guanidine groups is 1. The van der Waals surface area contributed by atoms with E-state index < -0.39 is 5.60 Å². The van der Waals surface area contributed by atoms with Crippen LogP contribution in [0.4, 0.5) is 0 Å². The maximum atomic E-state index is 10.7. The first-order valence-corrected chi connectivity index (χ1v) is 7.56. The van der Waals surface area contributed by atoms with Gasteiger partial charge in [-0.15, -0.1) is 0 Å². The van der Waals surface area contributed by atoms with E-state index in [1.165, 1.54) is 0 Å². The highest BCUT2D eigenvalue weighted by atomic mass is 16.3. The van der Waals surface area contributed by atoms with Gasteiger partial charge in [0.2, 0.25) is 0 Å². The zero-order valence-electron chi connectivity index (χ0n) is 14.3. The van der Waals surface area contributed by atoms with Crippen molar-refractivity contribution in [1.82, 2.24) is 20.8 Å². The second-order valence-electron chi connectivity index (χ2n) is 5.90. The van der Waals surface area contributed by atoms with E-state index in [4.69, 9.17) is 4.42 Å². The van der Waals surface area contributed by atoms with E-state index >= 15 is 0 Å². The second-order valence-corrected chi connectivity index (χ2v) is 5.90. The molecular weight excluding hydrogens is 294 g/mol. The standard InChI is InChI=1S/C16H25N5O2/c1-10-6-14(12(3)23-10)16(4,22)9-19-15(17-5)18-7-13-8-20-21-11(13)2/h6,8,22H,7,9H2,1-5H3,(H,20,21)(H2,17,18,19). The molecule has 0 saturated carbocycles. The number of H-pyrrole nitrogens is 1. The Labute approximate surface area is 136 Å². The maximum absolute atomic E-state index is 10.7. The van der Waals surface area contributed by atoms with Gasteiger partial charge < -0.3 is 20.2 Å². The van der Waals surface area contributed by atoms with Crippen LogP contribution in [0.25, 0.3) is 0 Å². The van der Waals surface area contributed by atoms with E-state index in [0.717, 1.165) is 28.3 Å². The van der Waals surface area contributed by atoms with Crippen molar-refractivity contribution < 1.29 is 9.52 Å². The molecule has 2 heterocycles. The number of furan rings is 1. The van der Waals surface area contributed by atoms with Crippen LogP contribution < -0.4 is 10.6 Å². The first kappa shape index (κ1) is 17.1. The van der Waals surface area contributed by atoms with Gasteiger partial charge in [0.25, 0.3) is 0 Å². The molecule has 0 aromatic carbocycles. The summed E-state index contributed by atoms with van der Waals surface area (Å²) in [5.74, 6) is 2.13. The summed E-state index contributed by atoms with van der Waals surface area (Å²) >= 11 is 0. The third-order valence-electron chi connectivity index (χ3n) is 3.83. The Bertz CT molecular complexity index is 684. The third-order valence-corrected chi connectivity index (χ3v) is 3.83. The Balaban J connectivity index is 1.94. The topological polar surface area (TPSA) is 98.5 Å². The van der Waals surface area contributed by atoms with Gasteiger partial charge in [0.05, 0.1) is 12.7 Å². The lowest BCUT2D eigenvalue weighted by Gasteiger charge is -2.24. The van der Waals surface area contributed by atoms with Gasteiger partial charge in [-0.1, -0.05) is 0 Å². The van der Waals surface area contributed by atoms with Gasteiger partial charge in [0, 0.05) is 30.4 Å². The lowest BCUT2D eigenvalue weighted by atomic mass is 9.96. The van der Waals surface area contributed by atoms with Crippen molar-refractivity contribution in [1.29, 1.82) is 0 Å². The highest BCUT2D eigenvalue weighted by molar-refractivity contribution is 5.79. The second kappa shape index (κ2) is 6.87. The molecule has 23 heavy (non-hydrogen) atoms. The van der Waals surface area contributed by atoms with Crippen LogP contribution in [-0.2, 0) is 12.1 Å². The normalized spacial score (nSPS) is 14.6. The number of hydrogen-bond acceptors (Lipinski definition) is 4. The van der Waals surface area contributed by atoms with Crippen LogP contribution in [-0.4, -0.2) is 34.9 Å². The van der Waals surface area contributed by atoms with Crippen LogP contribution in [0.5, 0.6) is 0 Å². The van der Waals surface area contributed by atoms with Crippen LogP contribution in [0.1, 0.15) is 35.3 Å². The Morgan fingerprint density at radius 3 is 2.65 bits per heavy atom. The lowest BCUT2D eigenvalue weighted by molar-refractivity contribution is 0.0602. The molecular formula is C16H25N5O2. The summed E-state index contributed by atoms with van der Waals surface area (Å²) in [6, 6.07) is 1.86. The molecule has 0 bridgehead atoms. The maximum Gasteiger partial charge on any atom is 0.191 e. The summed E-state index contributed by atoms with van der Waals surface area (Å²) in [5, 5.41) is 23.9. The smallest absolute Gasteiger partial charge is 0.191 e. The van der Waals surface area contributed by atoms with Gasteiger partial charge in [0.1, 0.15) is 17.1 Å². The number of rotatable bonds is 5. The minimum Gasteiger partial charge on any atom is -0.466 e. The number of hydrogen-bond donors (Lipinski definition) is 4. The Morgan fingerprint density at radius 2 is 2.13 bits per heavy atom. The highest BCUT2D eigenvalue weighted by Crippen LogP contribution is 2.26. The van der Waals surface area contributed by atoms with Gasteiger partial charge >= 0.3 is 0 Å². The SMILES string of the molecule is CN=C(NCc1cn[nH]c1C)NCC(C)(O)c1cc(C)oc1C. The van der Waals surface area contributed by atoms with Crippen LogP contribution in [0.3, 0.4) is 0 Å². The van der Waals surface area contributed by atoms with E-state index in [1.807, 2.05) is 26.8 Å². The van der Waals surface area contributed by atoms with Gasteiger partial charge in [-0.25, -0.2) is 0 Å². The van der Waals surface area contributed by atoms with Crippen molar-refractivity contribution in [3.63, 3.8) is 0 Å². The Hall–Kier alpha value is -2.28. The summed E-state index contributed by atoms with van der Waals surface area (Å²) in [6.07, 6.45) is 1.78. The highest BCUT2D eigenvalue weighted by Gasteiger charge is 2.27. The molecule has 0 aliphatic carbocycles. The molecule has 0 aliphatic rings. The zero-order valence-corrected chi connectivity index (χ0v) is 14.3. The molecule has 7 nitrogen and oxygen atoms in total. The molecule has 1 unspecified atom stereocenters. The predicted molar refractivity (Wildman–Crippen MR) is 89.3 cm³/mol. The minimum atomic E-state index is -1.05.